The molecule has 122 valence electrons. The Morgan fingerprint density at radius 3 is 2.96 bits per heavy atom. The predicted molar refractivity (Wildman–Crippen MR) is 97.7 cm³/mol. The first kappa shape index (κ1) is 14.9. The smallest absolute Gasteiger partial charge is 0.135 e. The third-order valence-electron chi connectivity index (χ3n) is 4.53. The zero-order valence-corrected chi connectivity index (χ0v) is 13.8. The highest BCUT2D eigenvalue weighted by Gasteiger charge is 2.18. The van der Waals surface area contributed by atoms with Gasteiger partial charge in [0.15, 0.2) is 0 Å². The van der Waals surface area contributed by atoms with Crippen molar-refractivity contribution < 1.29 is 0 Å². The van der Waals surface area contributed by atoms with E-state index in [1.165, 1.54) is 12.8 Å². The van der Waals surface area contributed by atoms with E-state index in [-0.39, 0.29) is 0 Å². The Kier molecular flexibility index (Phi) is 3.99. The Labute approximate surface area is 141 Å². The molecule has 1 unspecified atom stereocenters. The monoisotopic (exact) mass is 319 g/mol. The molecule has 1 saturated heterocycles. The summed E-state index contributed by atoms with van der Waals surface area (Å²) in [5.41, 5.74) is 1.91. The first-order valence-corrected chi connectivity index (χ1v) is 8.47. The third-order valence-corrected chi connectivity index (χ3v) is 4.53. The molecule has 5 nitrogen and oxygen atoms in total. The fourth-order valence-corrected chi connectivity index (χ4v) is 3.33. The van der Waals surface area contributed by atoms with E-state index >= 15 is 0 Å². The van der Waals surface area contributed by atoms with Crippen LogP contribution in [0.2, 0.25) is 0 Å². The Bertz CT molecular complexity index is 843. The molecular formula is C19H21N5. The quantitative estimate of drug-likeness (QED) is 0.790. The summed E-state index contributed by atoms with van der Waals surface area (Å²) >= 11 is 0. The molecule has 1 aliphatic heterocycles. The average molecular weight is 319 g/mol. The molecule has 1 aromatic carbocycles. The molecule has 3 aromatic rings. The van der Waals surface area contributed by atoms with Gasteiger partial charge < -0.3 is 10.2 Å². The Hall–Kier alpha value is -2.69. The van der Waals surface area contributed by atoms with Crippen molar-refractivity contribution in [2.75, 3.05) is 23.3 Å². The second-order valence-electron chi connectivity index (χ2n) is 6.46. The maximum atomic E-state index is 4.48. The van der Waals surface area contributed by atoms with Gasteiger partial charge in [0.2, 0.25) is 0 Å². The molecule has 0 amide bonds. The molecule has 4 rings (SSSR count). The van der Waals surface area contributed by atoms with Crippen LogP contribution in [-0.4, -0.2) is 28.0 Å². The van der Waals surface area contributed by atoms with E-state index in [1.54, 1.807) is 6.33 Å². The van der Waals surface area contributed by atoms with Gasteiger partial charge in [0.1, 0.15) is 18.0 Å². The predicted octanol–water partition coefficient (Wildman–Crippen LogP) is 4.00. The van der Waals surface area contributed by atoms with Gasteiger partial charge in [0.05, 0.1) is 11.2 Å². The number of nitrogens with one attached hydrogen (secondary N) is 1. The van der Waals surface area contributed by atoms with Crippen LogP contribution >= 0.6 is 0 Å². The van der Waals surface area contributed by atoms with E-state index in [4.69, 9.17) is 0 Å². The van der Waals surface area contributed by atoms with Gasteiger partial charge >= 0.3 is 0 Å². The molecule has 1 atom stereocenters. The van der Waals surface area contributed by atoms with E-state index < -0.39 is 0 Å². The van der Waals surface area contributed by atoms with Crippen LogP contribution < -0.4 is 10.2 Å². The molecule has 1 aliphatic rings. The number of rotatable bonds is 3. The van der Waals surface area contributed by atoms with Gasteiger partial charge in [0.25, 0.3) is 0 Å². The standard InChI is InChI=1S/C19H21N5/c1-14-5-4-10-24(12-14)18-11-17(21-13-22-18)23-16-8-2-6-15-7-3-9-20-19(15)16/h2-3,6-9,11,13-14H,4-5,10,12H2,1H3,(H,21,22,23). The number of hydrogen-bond donors (Lipinski definition) is 1. The minimum atomic E-state index is 0.715. The molecule has 1 fully saturated rings. The zero-order chi connectivity index (χ0) is 16.4. The lowest BCUT2D eigenvalue weighted by atomic mass is 10.0. The molecule has 0 aliphatic carbocycles. The first-order chi connectivity index (χ1) is 11.8. The lowest BCUT2D eigenvalue weighted by Gasteiger charge is -2.31. The zero-order valence-electron chi connectivity index (χ0n) is 13.8. The number of fused-ring (bicyclic) bond motifs is 1. The second-order valence-corrected chi connectivity index (χ2v) is 6.46. The van der Waals surface area contributed by atoms with Crippen LogP contribution in [0.5, 0.6) is 0 Å². The second kappa shape index (κ2) is 6.43. The lowest BCUT2D eigenvalue weighted by Crippen LogP contribution is -2.34. The van der Waals surface area contributed by atoms with Crippen LogP contribution in [0.3, 0.4) is 0 Å². The highest BCUT2D eigenvalue weighted by molar-refractivity contribution is 5.91. The van der Waals surface area contributed by atoms with Crippen molar-refractivity contribution in [1.29, 1.82) is 0 Å². The summed E-state index contributed by atoms with van der Waals surface area (Å²) in [4.78, 5) is 15.7. The van der Waals surface area contributed by atoms with Gasteiger partial charge in [-0.1, -0.05) is 25.1 Å². The SMILES string of the molecule is CC1CCCN(c2cc(Nc3cccc4cccnc34)ncn2)C1. The van der Waals surface area contributed by atoms with Crippen molar-refractivity contribution in [1.82, 2.24) is 15.0 Å². The fourth-order valence-electron chi connectivity index (χ4n) is 3.33. The maximum absolute atomic E-state index is 4.48. The van der Waals surface area contributed by atoms with Gasteiger partial charge in [-0.05, 0) is 30.9 Å². The summed E-state index contributed by atoms with van der Waals surface area (Å²) in [6, 6.07) is 12.2. The molecular weight excluding hydrogens is 298 g/mol. The number of nitrogens with zero attached hydrogens (tertiary/aromatic N) is 4. The van der Waals surface area contributed by atoms with Crippen molar-refractivity contribution in [2.24, 2.45) is 5.92 Å². The summed E-state index contributed by atoms with van der Waals surface area (Å²) in [7, 11) is 0. The van der Waals surface area contributed by atoms with Crippen LogP contribution in [0.1, 0.15) is 19.8 Å². The fraction of sp³-hybridized carbons (Fsp3) is 0.316. The summed E-state index contributed by atoms with van der Waals surface area (Å²) in [6.45, 7) is 4.43. The van der Waals surface area contributed by atoms with Gasteiger partial charge in [-0.15, -0.1) is 0 Å². The molecule has 0 bridgehead atoms. The minimum Gasteiger partial charge on any atom is -0.356 e. The van der Waals surface area contributed by atoms with Crippen molar-refractivity contribution in [3.63, 3.8) is 0 Å². The topological polar surface area (TPSA) is 53.9 Å². The number of benzene rings is 1. The Morgan fingerprint density at radius 2 is 2.04 bits per heavy atom. The number of para-hydroxylation sites is 1. The number of pyridine rings is 1. The highest BCUT2D eigenvalue weighted by atomic mass is 15.2. The highest BCUT2D eigenvalue weighted by Crippen LogP contribution is 2.26. The van der Waals surface area contributed by atoms with Crippen molar-refractivity contribution >= 4 is 28.2 Å². The summed E-state index contributed by atoms with van der Waals surface area (Å²) in [5.74, 6) is 2.51. The van der Waals surface area contributed by atoms with E-state index in [1.807, 2.05) is 30.5 Å². The van der Waals surface area contributed by atoms with E-state index in [2.05, 4.69) is 44.2 Å². The van der Waals surface area contributed by atoms with Gasteiger partial charge in [-0.3, -0.25) is 4.98 Å². The largest absolute Gasteiger partial charge is 0.356 e. The normalized spacial score (nSPS) is 17.9. The molecule has 24 heavy (non-hydrogen) atoms. The molecule has 1 N–H and O–H groups in total. The van der Waals surface area contributed by atoms with Crippen LogP contribution in [0.15, 0.2) is 48.9 Å². The van der Waals surface area contributed by atoms with Crippen LogP contribution in [-0.2, 0) is 0 Å². The first-order valence-electron chi connectivity index (χ1n) is 8.47. The Balaban J connectivity index is 1.62. The number of piperidine rings is 1. The molecule has 5 heteroatoms. The average Bonchev–Trinajstić information content (AvgIpc) is 2.62. The number of anilines is 3. The maximum Gasteiger partial charge on any atom is 0.135 e. The third kappa shape index (κ3) is 3.02. The van der Waals surface area contributed by atoms with Crippen molar-refractivity contribution in [2.45, 2.75) is 19.8 Å². The van der Waals surface area contributed by atoms with Gasteiger partial charge in [0, 0.05) is 30.7 Å². The molecule has 0 radical (unpaired) electrons. The van der Waals surface area contributed by atoms with Crippen LogP contribution in [0, 0.1) is 5.92 Å². The number of hydrogen-bond acceptors (Lipinski definition) is 5. The molecule has 2 aromatic heterocycles. The summed E-state index contributed by atoms with van der Waals surface area (Å²) in [6.07, 6.45) is 5.97. The minimum absolute atomic E-state index is 0.715. The molecule has 3 heterocycles. The van der Waals surface area contributed by atoms with E-state index in [0.717, 1.165) is 41.3 Å². The van der Waals surface area contributed by atoms with Crippen LogP contribution in [0.4, 0.5) is 17.3 Å². The van der Waals surface area contributed by atoms with Gasteiger partial charge in [-0.2, -0.15) is 0 Å². The van der Waals surface area contributed by atoms with Crippen molar-refractivity contribution in [3.8, 4) is 0 Å². The number of aromatic nitrogens is 3. The van der Waals surface area contributed by atoms with E-state index in [9.17, 15) is 0 Å². The van der Waals surface area contributed by atoms with E-state index in [0.29, 0.717) is 5.92 Å². The summed E-state index contributed by atoms with van der Waals surface area (Å²) < 4.78 is 0. The van der Waals surface area contributed by atoms with Crippen molar-refractivity contribution in [3.05, 3.63) is 48.9 Å². The molecule has 0 spiro atoms. The summed E-state index contributed by atoms with van der Waals surface area (Å²) in [5, 5.41) is 4.51. The van der Waals surface area contributed by atoms with Gasteiger partial charge in [-0.25, -0.2) is 9.97 Å². The Morgan fingerprint density at radius 1 is 1.12 bits per heavy atom. The lowest BCUT2D eigenvalue weighted by molar-refractivity contribution is 0.444. The van der Waals surface area contributed by atoms with Crippen LogP contribution in [0.25, 0.3) is 10.9 Å². The molecule has 0 saturated carbocycles.